The van der Waals surface area contributed by atoms with Gasteiger partial charge in [0.05, 0.1) is 12.3 Å². The molecule has 0 bridgehead atoms. The Morgan fingerprint density at radius 1 is 1.60 bits per heavy atom. The highest BCUT2D eigenvalue weighted by Crippen LogP contribution is 2.13. The predicted molar refractivity (Wildman–Crippen MR) is 61.6 cm³/mol. The van der Waals surface area contributed by atoms with Crippen LogP contribution in [0.15, 0.2) is 31.0 Å². The Morgan fingerprint density at radius 2 is 2.40 bits per heavy atom. The fourth-order valence-electron chi connectivity index (χ4n) is 1.38. The van der Waals surface area contributed by atoms with E-state index in [9.17, 15) is 0 Å². The lowest BCUT2D eigenvalue weighted by molar-refractivity contribution is 0.303. The molecule has 0 aliphatic rings. The van der Waals surface area contributed by atoms with Crippen molar-refractivity contribution in [3.05, 3.63) is 36.7 Å². The summed E-state index contributed by atoms with van der Waals surface area (Å²) in [6.45, 7) is 5.52. The van der Waals surface area contributed by atoms with E-state index in [2.05, 4.69) is 11.6 Å². The zero-order valence-electron chi connectivity index (χ0n) is 8.76. The third-order valence-electron chi connectivity index (χ3n) is 2.09. The van der Waals surface area contributed by atoms with E-state index < -0.39 is 0 Å². The highest BCUT2D eigenvalue weighted by atomic mass is 16.3. The van der Waals surface area contributed by atoms with Gasteiger partial charge < -0.3 is 15.7 Å². The summed E-state index contributed by atoms with van der Waals surface area (Å²) in [7, 11) is 0. The topological polar surface area (TPSA) is 62.4 Å². The van der Waals surface area contributed by atoms with Gasteiger partial charge in [0.25, 0.3) is 0 Å². The predicted octanol–water partition coefficient (Wildman–Crippen LogP) is 0.525. The van der Waals surface area contributed by atoms with E-state index in [0.717, 1.165) is 11.4 Å². The number of hydrogen-bond acceptors (Lipinski definition) is 4. The molecule has 0 amide bonds. The lowest BCUT2D eigenvalue weighted by atomic mass is 10.3. The van der Waals surface area contributed by atoms with E-state index in [-0.39, 0.29) is 6.61 Å². The molecule has 0 fully saturated rings. The second kappa shape index (κ2) is 6.16. The van der Waals surface area contributed by atoms with Crippen LogP contribution < -0.4 is 10.6 Å². The first kappa shape index (κ1) is 11.7. The normalized spacial score (nSPS) is 10.0. The Hall–Kier alpha value is -1.39. The van der Waals surface area contributed by atoms with Gasteiger partial charge in [-0.3, -0.25) is 4.98 Å². The summed E-state index contributed by atoms with van der Waals surface area (Å²) in [5, 5.41) is 8.93. The lowest BCUT2D eigenvalue weighted by Crippen LogP contribution is -2.26. The van der Waals surface area contributed by atoms with E-state index in [4.69, 9.17) is 10.8 Å². The molecule has 0 unspecified atom stereocenters. The van der Waals surface area contributed by atoms with Gasteiger partial charge in [-0.1, -0.05) is 6.08 Å². The lowest BCUT2D eigenvalue weighted by Gasteiger charge is -2.22. The molecule has 4 heteroatoms. The molecule has 4 nitrogen and oxygen atoms in total. The molecule has 0 saturated carbocycles. The van der Waals surface area contributed by atoms with Crippen molar-refractivity contribution in [3.63, 3.8) is 0 Å². The number of aliphatic hydroxyl groups is 1. The van der Waals surface area contributed by atoms with Gasteiger partial charge in [0.1, 0.15) is 0 Å². The third kappa shape index (κ3) is 3.34. The molecule has 1 rings (SSSR count). The van der Waals surface area contributed by atoms with Gasteiger partial charge in [-0.25, -0.2) is 0 Å². The molecule has 0 saturated heterocycles. The molecule has 82 valence electrons. The minimum Gasteiger partial charge on any atom is -0.395 e. The molecule has 0 radical (unpaired) electrons. The van der Waals surface area contributed by atoms with Crippen LogP contribution in [0.1, 0.15) is 5.69 Å². The fourth-order valence-corrected chi connectivity index (χ4v) is 1.38. The van der Waals surface area contributed by atoms with Crippen molar-refractivity contribution in [3.8, 4) is 0 Å². The molecule has 1 aromatic heterocycles. The average molecular weight is 207 g/mol. The van der Waals surface area contributed by atoms with Crippen molar-refractivity contribution in [1.29, 1.82) is 0 Å². The molecule has 0 atom stereocenters. The molecular weight excluding hydrogens is 190 g/mol. The van der Waals surface area contributed by atoms with Crippen molar-refractivity contribution in [2.75, 3.05) is 24.6 Å². The van der Waals surface area contributed by atoms with Gasteiger partial charge in [-0.2, -0.15) is 0 Å². The number of aromatic nitrogens is 1. The molecule has 1 heterocycles. The van der Waals surface area contributed by atoms with Crippen LogP contribution in [-0.2, 0) is 6.54 Å². The van der Waals surface area contributed by atoms with Gasteiger partial charge in [-0.15, -0.1) is 6.58 Å². The van der Waals surface area contributed by atoms with Gasteiger partial charge in [0.2, 0.25) is 0 Å². The second-order valence-corrected chi connectivity index (χ2v) is 3.17. The van der Waals surface area contributed by atoms with Crippen LogP contribution in [0.3, 0.4) is 0 Å². The average Bonchev–Trinajstić information content (AvgIpc) is 2.29. The van der Waals surface area contributed by atoms with Crippen LogP contribution in [0.25, 0.3) is 0 Å². The van der Waals surface area contributed by atoms with Crippen LogP contribution >= 0.6 is 0 Å². The third-order valence-corrected chi connectivity index (χ3v) is 2.09. The van der Waals surface area contributed by atoms with Crippen LogP contribution in [0.2, 0.25) is 0 Å². The largest absolute Gasteiger partial charge is 0.395 e. The van der Waals surface area contributed by atoms with Gasteiger partial charge in [-0.05, 0) is 12.1 Å². The zero-order chi connectivity index (χ0) is 11.1. The Labute approximate surface area is 90.0 Å². The first-order chi connectivity index (χ1) is 7.31. The monoisotopic (exact) mass is 207 g/mol. The van der Waals surface area contributed by atoms with Crippen molar-refractivity contribution in [2.45, 2.75) is 6.54 Å². The molecule has 0 aromatic carbocycles. The number of nitrogens with zero attached hydrogens (tertiary/aromatic N) is 2. The van der Waals surface area contributed by atoms with Crippen LogP contribution in [0.5, 0.6) is 0 Å². The number of hydrogen-bond donors (Lipinski definition) is 2. The summed E-state index contributed by atoms with van der Waals surface area (Å²) in [4.78, 5) is 6.14. The van der Waals surface area contributed by atoms with Crippen molar-refractivity contribution in [1.82, 2.24) is 4.98 Å². The highest BCUT2D eigenvalue weighted by Gasteiger charge is 2.04. The van der Waals surface area contributed by atoms with Crippen LogP contribution in [0, 0.1) is 0 Å². The summed E-state index contributed by atoms with van der Waals surface area (Å²) in [6, 6.07) is 3.83. The van der Waals surface area contributed by atoms with Crippen LogP contribution in [0.4, 0.5) is 5.69 Å². The Balaban J connectivity index is 2.83. The molecule has 0 spiro atoms. The second-order valence-electron chi connectivity index (χ2n) is 3.17. The number of aliphatic hydroxyl groups excluding tert-OH is 1. The Morgan fingerprint density at radius 3 is 3.00 bits per heavy atom. The quantitative estimate of drug-likeness (QED) is 0.668. The minimum atomic E-state index is 0.119. The molecule has 0 aliphatic heterocycles. The maximum Gasteiger partial charge on any atom is 0.0606 e. The van der Waals surface area contributed by atoms with Gasteiger partial charge >= 0.3 is 0 Å². The fraction of sp³-hybridized carbons (Fsp3) is 0.364. The van der Waals surface area contributed by atoms with Crippen molar-refractivity contribution in [2.24, 2.45) is 5.73 Å². The Bertz CT molecular complexity index is 314. The van der Waals surface area contributed by atoms with E-state index in [1.165, 1.54) is 0 Å². The number of pyridine rings is 1. The summed E-state index contributed by atoms with van der Waals surface area (Å²) in [6.07, 6.45) is 3.53. The maximum atomic E-state index is 8.93. The molecule has 0 aliphatic carbocycles. The molecule has 1 aromatic rings. The minimum absolute atomic E-state index is 0.119. The number of rotatable bonds is 6. The van der Waals surface area contributed by atoms with E-state index >= 15 is 0 Å². The van der Waals surface area contributed by atoms with Gasteiger partial charge in [0, 0.05) is 31.5 Å². The van der Waals surface area contributed by atoms with Crippen molar-refractivity contribution >= 4 is 5.69 Å². The molecule has 3 N–H and O–H groups in total. The SMILES string of the molecule is C=CCN(CCO)c1ccnc(CN)c1. The number of anilines is 1. The molecule has 15 heavy (non-hydrogen) atoms. The Kier molecular flexibility index (Phi) is 4.80. The highest BCUT2D eigenvalue weighted by molar-refractivity contribution is 5.47. The summed E-state index contributed by atoms with van der Waals surface area (Å²) < 4.78 is 0. The smallest absolute Gasteiger partial charge is 0.0606 e. The molecular formula is C11H17N3O. The maximum absolute atomic E-state index is 8.93. The first-order valence-electron chi connectivity index (χ1n) is 4.93. The zero-order valence-corrected chi connectivity index (χ0v) is 8.76. The van der Waals surface area contributed by atoms with Crippen molar-refractivity contribution < 1.29 is 5.11 Å². The summed E-state index contributed by atoms with van der Waals surface area (Å²) >= 11 is 0. The van der Waals surface area contributed by atoms with Gasteiger partial charge in [0.15, 0.2) is 0 Å². The van der Waals surface area contributed by atoms with E-state index in [1.54, 1.807) is 12.3 Å². The van der Waals surface area contributed by atoms with E-state index in [0.29, 0.717) is 19.6 Å². The summed E-state index contributed by atoms with van der Waals surface area (Å²) in [5.41, 5.74) is 7.38. The van der Waals surface area contributed by atoms with Crippen LogP contribution in [-0.4, -0.2) is 29.8 Å². The summed E-state index contributed by atoms with van der Waals surface area (Å²) in [5.74, 6) is 0. The van der Waals surface area contributed by atoms with E-state index in [1.807, 2.05) is 17.0 Å². The number of nitrogens with two attached hydrogens (primary N) is 1. The standard InChI is InChI=1S/C11H17N3O/c1-2-5-14(6-7-15)11-3-4-13-10(8-11)9-12/h2-4,8,15H,1,5-7,9,12H2. The first-order valence-corrected chi connectivity index (χ1v) is 4.93.